The first-order valence-electron chi connectivity index (χ1n) is 24.7. The van der Waals surface area contributed by atoms with Crippen molar-refractivity contribution in [2.45, 2.75) is 278 Å². The Kier molecular flexibility index (Phi) is 41.8. The lowest BCUT2D eigenvalue weighted by atomic mass is 10.0. The summed E-state index contributed by atoms with van der Waals surface area (Å²) in [6.07, 6.45) is 42.3. The number of rotatable bonds is 44. The molecule has 0 fully saturated rings. The van der Waals surface area contributed by atoms with E-state index in [1.54, 1.807) is 0 Å². The van der Waals surface area contributed by atoms with Crippen LogP contribution in [-0.2, 0) is 28.6 Å². The molecule has 0 radical (unpaired) electrons. The molecular weight excluding hydrogens is 697 g/mol. The Balaban J connectivity index is 4.32. The summed E-state index contributed by atoms with van der Waals surface area (Å²) in [5.74, 6) is 0.791. The minimum absolute atomic E-state index is 0.0641. The van der Waals surface area contributed by atoms with Gasteiger partial charge in [-0.3, -0.25) is 14.4 Å². The molecule has 0 aromatic rings. The van der Waals surface area contributed by atoms with Gasteiger partial charge in [0.15, 0.2) is 6.10 Å². The summed E-state index contributed by atoms with van der Waals surface area (Å²) in [6.45, 7) is 11.3. The van der Waals surface area contributed by atoms with Gasteiger partial charge >= 0.3 is 17.9 Å². The van der Waals surface area contributed by atoms with E-state index in [2.05, 4.69) is 34.6 Å². The number of esters is 3. The third-order valence-corrected chi connectivity index (χ3v) is 11.2. The lowest BCUT2D eigenvalue weighted by Crippen LogP contribution is -2.30. The fraction of sp³-hybridized carbons (Fsp3) is 0.940. The van der Waals surface area contributed by atoms with Crippen LogP contribution in [-0.4, -0.2) is 37.2 Å². The predicted octanol–water partition coefficient (Wildman–Crippen LogP) is 15.8. The highest BCUT2D eigenvalue weighted by Gasteiger charge is 2.19. The van der Waals surface area contributed by atoms with E-state index in [1.807, 2.05) is 0 Å². The molecule has 0 N–H and O–H groups in total. The van der Waals surface area contributed by atoms with Crippen LogP contribution in [0.4, 0.5) is 0 Å². The van der Waals surface area contributed by atoms with E-state index < -0.39 is 6.10 Å². The van der Waals surface area contributed by atoms with Crippen molar-refractivity contribution < 1.29 is 28.6 Å². The average Bonchev–Trinajstić information content (AvgIpc) is 3.16. The zero-order valence-electron chi connectivity index (χ0n) is 38.3. The molecule has 0 spiro atoms. The maximum atomic E-state index is 12.8. The predicted molar refractivity (Wildman–Crippen MR) is 238 cm³/mol. The maximum Gasteiger partial charge on any atom is 0.306 e. The molecule has 0 aromatic heterocycles. The van der Waals surface area contributed by atoms with Gasteiger partial charge < -0.3 is 14.2 Å². The molecule has 332 valence electrons. The van der Waals surface area contributed by atoms with Gasteiger partial charge in [0.05, 0.1) is 0 Å². The monoisotopic (exact) mass is 793 g/mol. The fourth-order valence-electron chi connectivity index (χ4n) is 7.46. The lowest BCUT2D eigenvalue weighted by molar-refractivity contribution is -0.167. The van der Waals surface area contributed by atoms with Crippen molar-refractivity contribution in [3.63, 3.8) is 0 Å². The van der Waals surface area contributed by atoms with Crippen molar-refractivity contribution in [3.05, 3.63) is 0 Å². The Bertz CT molecular complexity index is 854. The maximum absolute atomic E-state index is 12.8. The molecule has 0 aliphatic carbocycles. The second kappa shape index (κ2) is 43.0. The lowest BCUT2D eigenvalue weighted by Gasteiger charge is -2.18. The standard InChI is InChI=1S/C50H96O6/c1-6-7-8-9-10-11-13-20-25-30-35-40-48(51)54-43-47(44-55-49(52)41-36-31-26-21-17-16-19-24-29-34-39-46(4)5)56-50(53)42-37-32-27-22-15-12-14-18-23-28-33-38-45(2)3/h45-47H,6-44H2,1-5H3/t47-/m0/s1. The van der Waals surface area contributed by atoms with Crippen molar-refractivity contribution in [1.82, 2.24) is 0 Å². The van der Waals surface area contributed by atoms with Gasteiger partial charge in [0.1, 0.15) is 13.2 Å². The number of hydrogen-bond donors (Lipinski definition) is 0. The summed E-state index contributed by atoms with van der Waals surface area (Å²) >= 11 is 0. The van der Waals surface area contributed by atoms with Crippen LogP contribution in [0.15, 0.2) is 0 Å². The second-order valence-electron chi connectivity index (χ2n) is 18.1. The number of ether oxygens (including phenoxy) is 3. The van der Waals surface area contributed by atoms with Gasteiger partial charge in [-0.25, -0.2) is 0 Å². The highest BCUT2D eigenvalue weighted by atomic mass is 16.6. The SMILES string of the molecule is CCCCCCCCCCCCCC(=O)OC[C@@H](COC(=O)CCCCCCCCCCCCC(C)C)OC(=O)CCCCCCCCCCCCCC(C)C. The molecule has 0 aliphatic heterocycles. The zero-order valence-corrected chi connectivity index (χ0v) is 38.3. The topological polar surface area (TPSA) is 78.9 Å². The van der Waals surface area contributed by atoms with Crippen LogP contribution in [0.3, 0.4) is 0 Å². The van der Waals surface area contributed by atoms with Crippen molar-refractivity contribution in [2.24, 2.45) is 11.8 Å². The van der Waals surface area contributed by atoms with Crippen LogP contribution >= 0.6 is 0 Å². The molecule has 0 unspecified atom stereocenters. The normalized spacial score (nSPS) is 12.1. The molecule has 1 atom stereocenters. The summed E-state index contributed by atoms with van der Waals surface area (Å²) < 4.78 is 16.8. The molecule has 6 nitrogen and oxygen atoms in total. The molecule has 0 bridgehead atoms. The third-order valence-electron chi connectivity index (χ3n) is 11.2. The third kappa shape index (κ3) is 43.5. The van der Waals surface area contributed by atoms with Gasteiger partial charge in [-0.05, 0) is 31.1 Å². The summed E-state index contributed by atoms with van der Waals surface area (Å²) in [5.41, 5.74) is 0. The Morgan fingerprint density at radius 3 is 0.875 bits per heavy atom. The van der Waals surface area contributed by atoms with E-state index in [0.29, 0.717) is 19.3 Å². The molecule has 0 saturated heterocycles. The van der Waals surface area contributed by atoms with E-state index in [0.717, 1.165) is 69.6 Å². The smallest absolute Gasteiger partial charge is 0.306 e. The quantitative estimate of drug-likeness (QED) is 0.0347. The summed E-state index contributed by atoms with van der Waals surface area (Å²) in [6, 6.07) is 0. The van der Waals surface area contributed by atoms with E-state index in [1.165, 1.54) is 161 Å². The van der Waals surface area contributed by atoms with E-state index >= 15 is 0 Å². The highest BCUT2D eigenvalue weighted by molar-refractivity contribution is 5.71. The second-order valence-corrected chi connectivity index (χ2v) is 18.1. The first kappa shape index (κ1) is 54.4. The number of carbonyl (C=O) groups is 3. The van der Waals surface area contributed by atoms with Crippen molar-refractivity contribution in [1.29, 1.82) is 0 Å². The highest BCUT2D eigenvalue weighted by Crippen LogP contribution is 2.17. The van der Waals surface area contributed by atoms with Gasteiger partial charge in [0.25, 0.3) is 0 Å². The molecule has 0 aromatic carbocycles. The van der Waals surface area contributed by atoms with Crippen LogP contribution in [0.25, 0.3) is 0 Å². The van der Waals surface area contributed by atoms with E-state index in [9.17, 15) is 14.4 Å². The summed E-state index contributed by atoms with van der Waals surface area (Å²) in [7, 11) is 0. The minimum atomic E-state index is -0.761. The van der Waals surface area contributed by atoms with Crippen molar-refractivity contribution in [2.75, 3.05) is 13.2 Å². The van der Waals surface area contributed by atoms with Gasteiger partial charge in [0.2, 0.25) is 0 Å². The molecule has 0 saturated carbocycles. The van der Waals surface area contributed by atoms with Crippen LogP contribution < -0.4 is 0 Å². The molecule has 0 aliphatic rings. The Morgan fingerprint density at radius 1 is 0.339 bits per heavy atom. The number of carbonyl (C=O) groups excluding carboxylic acids is 3. The van der Waals surface area contributed by atoms with E-state index in [-0.39, 0.29) is 31.1 Å². The fourth-order valence-corrected chi connectivity index (χ4v) is 7.46. The molecule has 0 amide bonds. The number of hydrogen-bond acceptors (Lipinski definition) is 6. The van der Waals surface area contributed by atoms with Gasteiger partial charge in [0, 0.05) is 19.3 Å². The number of unbranched alkanes of at least 4 members (excludes halogenated alkanes) is 29. The minimum Gasteiger partial charge on any atom is -0.462 e. The first-order chi connectivity index (χ1) is 27.2. The van der Waals surface area contributed by atoms with Crippen LogP contribution in [0, 0.1) is 11.8 Å². The largest absolute Gasteiger partial charge is 0.462 e. The zero-order chi connectivity index (χ0) is 41.2. The van der Waals surface area contributed by atoms with Gasteiger partial charge in [-0.2, -0.15) is 0 Å². The van der Waals surface area contributed by atoms with Crippen LogP contribution in [0.2, 0.25) is 0 Å². The molecule has 0 rings (SSSR count). The first-order valence-corrected chi connectivity index (χ1v) is 24.7. The van der Waals surface area contributed by atoms with Crippen molar-refractivity contribution >= 4 is 17.9 Å². The Labute approximate surface area is 348 Å². The average molecular weight is 793 g/mol. The molecule has 6 heteroatoms. The van der Waals surface area contributed by atoms with E-state index in [4.69, 9.17) is 14.2 Å². The Morgan fingerprint density at radius 2 is 0.589 bits per heavy atom. The van der Waals surface area contributed by atoms with Crippen molar-refractivity contribution in [3.8, 4) is 0 Å². The van der Waals surface area contributed by atoms with Gasteiger partial charge in [-0.1, -0.05) is 234 Å². The van der Waals surface area contributed by atoms with Crippen LogP contribution in [0.5, 0.6) is 0 Å². The van der Waals surface area contributed by atoms with Gasteiger partial charge in [-0.15, -0.1) is 0 Å². The van der Waals surface area contributed by atoms with Crippen LogP contribution in [0.1, 0.15) is 272 Å². The molecule has 56 heavy (non-hydrogen) atoms. The summed E-state index contributed by atoms with van der Waals surface area (Å²) in [5, 5.41) is 0. The molecule has 0 heterocycles. The summed E-state index contributed by atoms with van der Waals surface area (Å²) in [4.78, 5) is 37.8. The molecular formula is C50H96O6. The Hall–Kier alpha value is -1.59.